The van der Waals surface area contributed by atoms with Gasteiger partial charge in [-0.15, -0.1) is 0 Å². The third kappa shape index (κ3) is 3.04. The highest BCUT2D eigenvalue weighted by molar-refractivity contribution is 5.75. The van der Waals surface area contributed by atoms with Crippen LogP contribution in [0.4, 0.5) is 0 Å². The summed E-state index contributed by atoms with van der Waals surface area (Å²) in [6.07, 6.45) is 9.34. The molecule has 66 valence electrons. The van der Waals surface area contributed by atoms with Crippen molar-refractivity contribution in [3.8, 4) is 0 Å². The molecule has 0 aliphatic heterocycles. The Morgan fingerprint density at radius 1 is 1.67 bits per heavy atom. The second kappa shape index (κ2) is 4.24. The van der Waals surface area contributed by atoms with Gasteiger partial charge in [-0.3, -0.25) is 0 Å². The summed E-state index contributed by atoms with van der Waals surface area (Å²) in [6.45, 7) is 3.85. The predicted molar refractivity (Wildman–Crippen MR) is 50.9 cm³/mol. The van der Waals surface area contributed by atoms with Crippen LogP contribution < -0.4 is 0 Å². The van der Waals surface area contributed by atoms with E-state index in [-0.39, 0.29) is 5.78 Å². The first-order valence-electron chi connectivity index (χ1n) is 4.55. The summed E-state index contributed by atoms with van der Waals surface area (Å²) in [5.41, 5.74) is 1.32. The zero-order chi connectivity index (χ0) is 8.97. The van der Waals surface area contributed by atoms with Crippen molar-refractivity contribution in [2.45, 2.75) is 33.1 Å². The fourth-order valence-electron chi connectivity index (χ4n) is 1.28. The SMILES string of the molecule is CC(=O)CCC1=CCC(C)C=C1. The minimum Gasteiger partial charge on any atom is -0.300 e. The molecule has 0 aromatic rings. The number of allylic oxidation sites excluding steroid dienone is 4. The summed E-state index contributed by atoms with van der Waals surface area (Å²) in [5, 5.41) is 0. The van der Waals surface area contributed by atoms with E-state index < -0.39 is 0 Å². The molecule has 0 aromatic carbocycles. The van der Waals surface area contributed by atoms with E-state index in [0.717, 1.165) is 12.8 Å². The maximum atomic E-state index is 10.7. The molecule has 1 rings (SSSR count). The van der Waals surface area contributed by atoms with E-state index in [1.165, 1.54) is 5.57 Å². The first-order valence-corrected chi connectivity index (χ1v) is 4.55. The number of ketones is 1. The average Bonchev–Trinajstić information content (AvgIpc) is 2.03. The number of carbonyl (C=O) groups excluding carboxylic acids is 1. The molecule has 0 fully saturated rings. The van der Waals surface area contributed by atoms with E-state index in [9.17, 15) is 4.79 Å². The number of hydrogen-bond acceptors (Lipinski definition) is 1. The first kappa shape index (κ1) is 9.24. The minimum atomic E-state index is 0.280. The Labute approximate surface area is 74.2 Å². The molecule has 1 aliphatic carbocycles. The lowest BCUT2D eigenvalue weighted by Gasteiger charge is -2.10. The molecule has 1 atom stereocenters. The molecular formula is C11H16O. The monoisotopic (exact) mass is 164 g/mol. The van der Waals surface area contributed by atoms with Crippen molar-refractivity contribution in [2.24, 2.45) is 5.92 Å². The molecule has 1 aliphatic rings. The number of hydrogen-bond donors (Lipinski definition) is 0. The van der Waals surface area contributed by atoms with Gasteiger partial charge in [0.05, 0.1) is 0 Å². The number of rotatable bonds is 3. The van der Waals surface area contributed by atoms with Crippen LogP contribution in [0.15, 0.2) is 23.8 Å². The Morgan fingerprint density at radius 2 is 2.42 bits per heavy atom. The zero-order valence-electron chi connectivity index (χ0n) is 7.84. The van der Waals surface area contributed by atoms with Gasteiger partial charge in [0.2, 0.25) is 0 Å². The smallest absolute Gasteiger partial charge is 0.130 e. The van der Waals surface area contributed by atoms with Crippen molar-refractivity contribution >= 4 is 5.78 Å². The van der Waals surface area contributed by atoms with Crippen molar-refractivity contribution in [1.82, 2.24) is 0 Å². The summed E-state index contributed by atoms with van der Waals surface area (Å²) >= 11 is 0. The maximum absolute atomic E-state index is 10.7. The van der Waals surface area contributed by atoms with Crippen molar-refractivity contribution in [1.29, 1.82) is 0 Å². The molecule has 0 heterocycles. The molecule has 12 heavy (non-hydrogen) atoms. The molecule has 1 heteroatoms. The van der Waals surface area contributed by atoms with Gasteiger partial charge in [-0.1, -0.05) is 30.7 Å². The maximum Gasteiger partial charge on any atom is 0.130 e. The fourth-order valence-corrected chi connectivity index (χ4v) is 1.28. The number of carbonyl (C=O) groups is 1. The van der Waals surface area contributed by atoms with E-state index in [0.29, 0.717) is 12.3 Å². The lowest BCUT2D eigenvalue weighted by molar-refractivity contribution is -0.116. The normalized spacial score (nSPS) is 22.2. The minimum absolute atomic E-state index is 0.280. The highest BCUT2D eigenvalue weighted by Gasteiger charge is 2.03. The summed E-state index contributed by atoms with van der Waals surface area (Å²) in [6, 6.07) is 0. The Kier molecular flexibility index (Phi) is 3.27. The molecule has 0 bridgehead atoms. The Hall–Kier alpha value is -0.850. The van der Waals surface area contributed by atoms with Crippen LogP contribution in [0.3, 0.4) is 0 Å². The van der Waals surface area contributed by atoms with Crippen molar-refractivity contribution in [3.05, 3.63) is 23.8 Å². The van der Waals surface area contributed by atoms with Crippen molar-refractivity contribution in [2.75, 3.05) is 0 Å². The highest BCUT2D eigenvalue weighted by Crippen LogP contribution is 2.18. The fraction of sp³-hybridized carbons (Fsp3) is 0.545. The van der Waals surface area contributed by atoms with Gasteiger partial charge in [0.15, 0.2) is 0 Å². The molecule has 0 aromatic heterocycles. The van der Waals surface area contributed by atoms with Gasteiger partial charge in [0.1, 0.15) is 5.78 Å². The number of Topliss-reactive ketones (excluding diaryl/α,β-unsaturated/α-hetero) is 1. The third-order valence-corrected chi connectivity index (χ3v) is 2.16. The van der Waals surface area contributed by atoms with E-state index in [2.05, 4.69) is 25.2 Å². The standard InChI is InChI=1S/C11H16O/c1-9-3-6-11(7-4-9)8-5-10(2)12/h3,6-7,9H,4-5,8H2,1-2H3. The molecule has 0 saturated carbocycles. The van der Waals surface area contributed by atoms with Crippen LogP contribution in [0.5, 0.6) is 0 Å². The van der Waals surface area contributed by atoms with E-state index >= 15 is 0 Å². The van der Waals surface area contributed by atoms with E-state index in [4.69, 9.17) is 0 Å². The Balaban J connectivity index is 2.35. The van der Waals surface area contributed by atoms with Gasteiger partial charge in [-0.2, -0.15) is 0 Å². The van der Waals surface area contributed by atoms with Crippen molar-refractivity contribution < 1.29 is 4.79 Å². The van der Waals surface area contributed by atoms with Crippen LogP contribution in [0.1, 0.15) is 33.1 Å². The van der Waals surface area contributed by atoms with Crippen LogP contribution >= 0.6 is 0 Å². The first-order chi connectivity index (χ1) is 5.68. The summed E-state index contributed by atoms with van der Waals surface area (Å²) in [7, 11) is 0. The molecular weight excluding hydrogens is 148 g/mol. The van der Waals surface area contributed by atoms with Crippen LogP contribution in [-0.4, -0.2) is 5.78 Å². The molecule has 0 radical (unpaired) electrons. The van der Waals surface area contributed by atoms with Gasteiger partial charge in [-0.25, -0.2) is 0 Å². The Morgan fingerprint density at radius 3 is 2.92 bits per heavy atom. The van der Waals surface area contributed by atoms with E-state index in [1.807, 2.05) is 0 Å². The van der Waals surface area contributed by atoms with E-state index in [1.54, 1.807) is 6.92 Å². The van der Waals surface area contributed by atoms with Crippen molar-refractivity contribution in [3.63, 3.8) is 0 Å². The molecule has 1 nitrogen and oxygen atoms in total. The second-order valence-corrected chi connectivity index (χ2v) is 3.55. The Bertz CT molecular complexity index is 223. The van der Waals surface area contributed by atoms with Crippen LogP contribution in [0.25, 0.3) is 0 Å². The third-order valence-electron chi connectivity index (χ3n) is 2.16. The summed E-state index contributed by atoms with van der Waals surface area (Å²) in [4.78, 5) is 10.7. The molecule has 0 saturated heterocycles. The van der Waals surface area contributed by atoms with Gasteiger partial charge < -0.3 is 4.79 Å². The zero-order valence-corrected chi connectivity index (χ0v) is 7.84. The second-order valence-electron chi connectivity index (χ2n) is 3.55. The molecule has 0 N–H and O–H groups in total. The topological polar surface area (TPSA) is 17.1 Å². The van der Waals surface area contributed by atoms with Gasteiger partial charge >= 0.3 is 0 Å². The molecule has 0 spiro atoms. The van der Waals surface area contributed by atoms with Crippen LogP contribution in [0, 0.1) is 5.92 Å². The largest absolute Gasteiger partial charge is 0.300 e. The molecule has 1 unspecified atom stereocenters. The van der Waals surface area contributed by atoms with Gasteiger partial charge in [-0.05, 0) is 25.7 Å². The van der Waals surface area contributed by atoms with Gasteiger partial charge in [0.25, 0.3) is 0 Å². The summed E-state index contributed by atoms with van der Waals surface area (Å²) in [5.74, 6) is 0.953. The predicted octanol–water partition coefficient (Wildman–Crippen LogP) is 2.88. The van der Waals surface area contributed by atoms with Crippen LogP contribution in [-0.2, 0) is 4.79 Å². The van der Waals surface area contributed by atoms with Crippen LogP contribution in [0.2, 0.25) is 0 Å². The lowest BCUT2D eigenvalue weighted by Crippen LogP contribution is -1.96. The molecule has 0 amide bonds. The summed E-state index contributed by atoms with van der Waals surface area (Å²) < 4.78 is 0. The highest BCUT2D eigenvalue weighted by atomic mass is 16.1. The quantitative estimate of drug-likeness (QED) is 0.626. The average molecular weight is 164 g/mol. The van der Waals surface area contributed by atoms with Gasteiger partial charge in [0, 0.05) is 6.42 Å². The lowest BCUT2D eigenvalue weighted by atomic mass is 9.96.